The first kappa shape index (κ1) is 13.9. The van der Waals surface area contributed by atoms with Crippen molar-refractivity contribution in [3.8, 4) is 5.75 Å². The highest BCUT2D eigenvalue weighted by molar-refractivity contribution is 7.89. The molecule has 0 atom stereocenters. The standard InChI is InChI=1S/C11H12ClN3O3S/c1-15-11(10(12)7-13-15)19(17,18)14-6-8-3-2-4-9(16)5-8/h2-5,7,14,16H,6H2,1H3. The van der Waals surface area contributed by atoms with Crippen LogP contribution in [0.25, 0.3) is 0 Å². The summed E-state index contributed by atoms with van der Waals surface area (Å²) in [5.74, 6) is 0.0789. The second-order valence-electron chi connectivity index (χ2n) is 3.92. The van der Waals surface area contributed by atoms with E-state index in [2.05, 4.69) is 9.82 Å². The van der Waals surface area contributed by atoms with Gasteiger partial charge in [0.05, 0.1) is 11.2 Å². The number of aromatic nitrogens is 2. The zero-order valence-electron chi connectivity index (χ0n) is 10.0. The number of aryl methyl sites for hydroxylation is 1. The van der Waals surface area contributed by atoms with Crippen molar-refractivity contribution in [3.63, 3.8) is 0 Å². The molecule has 2 aromatic rings. The molecular formula is C11H12ClN3O3S. The Morgan fingerprint density at radius 1 is 1.47 bits per heavy atom. The molecule has 1 aromatic heterocycles. The summed E-state index contributed by atoms with van der Waals surface area (Å²) in [5, 5.41) is 13.1. The van der Waals surface area contributed by atoms with Crippen molar-refractivity contribution in [3.05, 3.63) is 41.0 Å². The maximum Gasteiger partial charge on any atom is 0.259 e. The van der Waals surface area contributed by atoms with Gasteiger partial charge in [-0.2, -0.15) is 5.10 Å². The molecule has 19 heavy (non-hydrogen) atoms. The van der Waals surface area contributed by atoms with Gasteiger partial charge in [0.25, 0.3) is 10.0 Å². The molecule has 0 amide bonds. The Labute approximate surface area is 115 Å². The Morgan fingerprint density at radius 3 is 2.79 bits per heavy atom. The highest BCUT2D eigenvalue weighted by atomic mass is 35.5. The molecule has 102 valence electrons. The number of phenols is 1. The van der Waals surface area contributed by atoms with Crippen LogP contribution >= 0.6 is 11.6 Å². The third kappa shape index (κ3) is 3.06. The van der Waals surface area contributed by atoms with Crippen molar-refractivity contribution in [2.75, 3.05) is 0 Å². The molecule has 0 saturated heterocycles. The summed E-state index contributed by atoms with van der Waals surface area (Å²) < 4.78 is 27.7. The lowest BCUT2D eigenvalue weighted by atomic mass is 10.2. The van der Waals surface area contributed by atoms with E-state index < -0.39 is 10.0 Å². The van der Waals surface area contributed by atoms with Crippen molar-refractivity contribution in [2.24, 2.45) is 7.05 Å². The van der Waals surface area contributed by atoms with E-state index in [1.165, 1.54) is 30.1 Å². The van der Waals surface area contributed by atoms with E-state index in [0.717, 1.165) is 0 Å². The van der Waals surface area contributed by atoms with Gasteiger partial charge in [-0.1, -0.05) is 23.7 Å². The number of phenolic OH excluding ortho intramolecular Hbond substituents is 1. The lowest BCUT2D eigenvalue weighted by molar-refractivity contribution is 0.474. The molecule has 8 heteroatoms. The Hall–Kier alpha value is -1.57. The van der Waals surface area contributed by atoms with Gasteiger partial charge in [-0.15, -0.1) is 0 Å². The van der Waals surface area contributed by atoms with Crippen LogP contribution in [-0.4, -0.2) is 23.3 Å². The first-order chi connectivity index (χ1) is 8.90. The van der Waals surface area contributed by atoms with Crippen LogP contribution in [0.4, 0.5) is 0 Å². The summed E-state index contributed by atoms with van der Waals surface area (Å²) in [6.45, 7) is 0.0538. The van der Waals surface area contributed by atoms with Crippen LogP contribution in [-0.2, 0) is 23.6 Å². The van der Waals surface area contributed by atoms with E-state index in [4.69, 9.17) is 11.6 Å². The maximum atomic E-state index is 12.1. The second-order valence-corrected chi connectivity index (χ2v) is 6.01. The largest absolute Gasteiger partial charge is 0.508 e. The van der Waals surface area contributed by atoms with Crippen molar-refractivity contribution in [1.29, 1.82) is 0 Å². The van der Waals surface area contributed by atoms with E-state index in [0.29, 0.717) is 5.56 Å². The molecule has 6 nitrogen and oxygen atoms in total. The summed E-state index contributed by atoms with van der Waals surface area (Å²) in [6, 6.07) is 6.33. The first-order valence-corrected chi connectivity index (χ1v) is 7.21. The van der Waals surface area contributed by atoms with Crippen LogP contribution in [0.3, 0.4) is 0 Å². The number of hydrogen-bond acceptors (Lipinski definition) is 4. The minimum Gasteiger partial charge on any atom is -0.508 e. The topological polar surface area (TPSA) is 84.2 Å². The number of nitrogens with one attached hydrogen (secondary N) is 1. The fourth-order valence-corrected chi connectivity index (χ4v) is 3.28. The number of aromatic hydroxyl groups is 1. The first-order valence-electron chi connectivity index (χ1n) is 5.35. The molecule has 0 aliphatic carbocycles. The van der Waals surface area contributed by atoms with Gasteiger partial charge in [0.2, 0.25) is 0 Å². The molecule has 2 N–H and O–H groups in total. The molecule has 0 aliphatic rings. The van der Waals surface area contributed by atoms with Gasteiger partial charge in [-0.3, -0.25) is 4.68 Å². The van der Waals surface area contributed by atoms with Gasteiger partial charge in [-0.25, -0.2) is 13.1 Å². The Kier molecular flexibility index (Phi) is 3.79. The number of nitrogens with zero attached hydrogens (tertiary/aromatic N) is 2. The summed E-state index contributed by atoms with van der Waals surface area (Å²) in [6.07, 6.45) is 1.27. The van der Waals surface area contributed by atoms with Gasteiger partial charge < -0.3 is 5.11 Å². The molecule has 0 fully saturated rings. The van der Waals surface area contributed by atoms with Crippen LogP contribution in [0.5, 0.6) is 5.75 Å². The highest BCUT2D eigenvalue weighted by Crippen LogP contribution is 2.20. The average molecular weight is 302 g/mol. The zero-order chi connectivity index (χ0) is 14.0. The molecule has 1 aromatic carbocycles. The van der Waals surface area contributed by atoms with Crippen LogP contribution in [0.15, 0.2) is 35.5 Å². The average Bonchev–Trinajstić information content (AvgIpc) is 2.67. The van der Waals surface area contributed by atoms with E-state index in [-0.39, 0.29) is 22.3 Å². The summed E-state index contributed by atoms with van der Waals surface area (Å²) >= 11 is 5.79. The van der Waals surface area contributed by atoms with E-state index in [1.54, 1.807) is 12.1 Å². The van der Waals surface area contributed by atoms with E-state index in [1.807, 2.05) is 0 Å². The monoisotopic (exact) mass is 301 g/mol. The van der Waals surface area contributed by atoms with Crippen molar-refractivity contribution >= 4 is 21.6 Å². The number of sulfonamides is 1. The lowest BCUT2D eigenvalue weighted by Crippen LogP contribution is -2.25. The van der Waals surface area contributed by atoms with Gasteiger partial charge in [0.15, 0.2) is 5.03 Å². The molecule has 0 saturated carbocycles. The summed E-state index contributed by atoms with van der Waals surface area (Å²) in [7, 11) is -2.26. The fraction of sp³-hybridized carbons (Fsp3) is 0.182. The third-order valence-electron chi connectivity index (χ3n) is 2.47. The maximum absolute atomic E-state index is 12.1. The van der Waals surface area contributed by atoms with Crippen molar-refractivity contribution in [2.45, 2.75) is 11.6 Å². The van der Waals surface area contributed by atoms with Gasteiger partial charge in [0, 0.05) is 13.6 Å². The van der Waals surface area contributed by atoms with Crippen LogP contribution in [0, 0.1) is 0 Å². The normalized spacial score (nSPS) is 11.7. The highest BCUT2D eigenvalue weighted by Gasteiger charge is 2.22. The molecule has 0 spiro atoms. The molecule has 1 heterocycles. The summed E-state index contributed by atoms with van der Waals surface area (Å²) in [4.78, 5) is 0. The zero-order valence-corrected chi connectivity index (χ0v) is 11.6. The van der Waals surface area contributed by atoms with Crippen LogP contribution in [0.2, 0.25) is 5.02 Å². The quantitative estimate of drug-likeness (QED) is 0.890. The predicted octanol–water partition coefficient (Wildman–Crippen LogP) is 1.26. The minimum absolute atomic E-state index is 0.0538. The minimum atomic E-state index is -3.75. The van der Waals surface area contributed by atoms with Crippen LogP contribution < -0.4 is 4.72 Å². The van der Waals surface area contributed by atoms with Crippen LogP contribution in [0.1, 0.15) is 5.56 Å². The Morgan fingerprint density at radius 2 is 2.21 bits per heavy atom. The van der Waals surface area contributed by atoms with Crippen molar-refractivity contribution in [1.82, 2.24) is 14.5 Å². The number of benzene rings is 1. The number of rotatable bonds is 4. The second kappa shape index (κ2) is 5.20. The van der Waals surface area contributed by atoms with Crippen molar-refractivity contribution < 1.29 is 13.5 Å². The molecule has 2 rings (SSSR count). The van der Waals surface area contributed by atoms with E-state index in [9.17, 15) is 13.5 Å². The molecule has 0 aliphatic heterocycles. The van der Waals surface area contributed by atoms with Gasteiger partial charge >= 0.3 is 0 Å². The fourth-order valence-electron chi connectivity index (χ4n) is 1.61. The lowest BCUT2D eigenvalue weighted by Gasteiger charge is -2.07. The molecular weight excluding hydrogens is 290 g/mol. The third-order valence-corrected chi connectivity index (χ3v) is 4.38. The number of hydrogen-bond donors (Lipinski definition) is 2. The molecule has 0 bridgehead atoms. The van der Waals surface area contributed by atoms with Gasteiger partial charge in [-0.05, 0) is 17.7 Å². The summed E-state index contributed by atoms with van der Waals surface area (Å²) in [5.41, 5.74) is 0.641. The molecule has 0 unspecified atom stereocenters. The Balaban J connectivity index is 2.19. The SMILES string of the molecule is Cn1ncc(Cl)c1S(=O)(=O)NCc1cccc(O)c1. The van der Waals surface area contributed by atoms with E-state index >= 15 is 0 Å². The number of halogens is 1. The molecule has 0 radical (unpaired) electrons. The Bertz CT molecular complexity index is 677. The van der Waals surface area contributed by atoms with Gasteiger partial charge in [0.1, 0.15) is 5.75 Å². The smallest absolute Gasteiger partial charge is 0.259 e. The predicted molar refractivity (Wildman–Crippen MR) is 70.4 cm³/mol.